The van der Waals surface area contributed by atoms with Gasteiger partial charge < -0.3 is 0 Å². The Morgan fingerprint density at radius 1 is 1.05 bits per heavy atom. The molecule has 2 aromatic carbocycles. The van der Waals surface area contributed by atoms with Crippen molar-refractivity contribution in [3.05, 3.63) is 68.2 Å². The van der Waals surface area contributed by atoms with E-state index in [4.69, 9.17) is 29.0 Å². The molecule has 0 bridgehead atoms. The normalized spacial score (nSPS) is 12.5. The molecule has 4 heteroatoms. The maximum absolute atomic E-state index is 6.27. The maximum atomic E-state index is 6.27. The molecule has 0 aliphatic heterocycles. The van der Waals surface area contributed by atoms with Gasteiger partial charge in [0, 0.05) is 10.0 Å². The Kier molecular flexibility index (Phi) is 5.28. The number of nitrogens with one attached hydrogen (secondary N) is 1. The summed E-state index contributed by atoms with van der Waals surface area (Å²) in [5.74, 6) is 5.79. The summed E-state index contributed by atoms with van der Waals surface area (Å²) in [7, 11) is 0. The van der Waals surface area contributed by atoms with Gasteiger partial charge in [-0.3, -0.25) is 11.3 Å². The maximum Gasteiger partial charge on any atom is 0.0506 e. The lowest BCUT2D eigenvalue weighted by Crippen LogP contribution is -2.31. The van der Waals surface area contributed by atoms with Crippen molar-refractivity contribution in [2.45, 2.75) is 33.2 Å². The summed E-state index contributed by atoms with van der Waals surface area (Å²) in [6.45, 7) is 6.31. The predicted octanol–water partition coefficient (Wildman–Crippen LogP) is 4.67. The van der Waals surface area contributed by atoms with Crippen LogP contribution in [0.4, 0.5) is 0 Å². The number of halogens is 2. The monoisotopic (exact) mass is 322 g/mol. The smallest absolute Gasteiger partial charge is 0.0506 e. The Balaban J connectivity index is 2.42. The minimum absolute atomic E-state index is 0.0250. The van der Waals surface area contributed by atoms with Gasteiger partial charge in [-0.15, -0.1) is 0 Å². The lowest BCUT2D eigenvalue weighted by molar-refractivity contribution is 0.547. The molecule has 2 rings (SSSR count). The molecule has 112 valence electrons. The lowest BCUT2D eigenvalue weighted by Gasteiger charge is -2.22. The molecule has 0 saturated carbocycles. The van der Waals surface area contributed by atoms with Gasteiger partial charge in [-0.25, -0.2) is 0 Å². The largest absolute Gasteiger partial charge is 0.271 e. The molecule has 2 aromatic rings. The van der Waals surface area contributed by atoms with E-state index in [-0.39, 0.29) is 6.04 Å². The molecule has 0 fully saturated rings. The molecule has 2 nitrogen and oxygen atoms in total. The van der Waals surface area contributed by atoms with Crippen molar-refractivity contribution in [2.75, 3.05) is 0 Å². The highest BCUT2D eigenvalue weighted by molar-refractivity contribution is 6.36. The van der Waals surface area contributed by atoms with E-state index in [2.05, 4.69) is 38.3 Å². The molecule has 1 unspecified atom stereocenters. The number of nitrogens with two attached hydrogens (primary N) is 1. The van der Waals surface area contributed by atoms with Gasteiger partial charge in [0.15, 0.2) is 0 Å². The van der Waals surface area contributed by atoms with Crippen LogP contribution in [0.2, 0.25) is 10.0 Å². The number of rotatable bonds is 4. The van der Waals surface area contributed by atoms with Crippen LogP contribution < -0.4 is 11.3 Å². The zero-order chi connectivity index (χ0) is 15.6. The first-order chi connectivity index (χ1) is 9.93. The minimum atomic E-state index is -0.0250. The van der Waals surface area contributed by atoms with Gasteiger partial charge in [-0.1, -0.05) is 47.0 Å². The fraction of sp³-hybridized carbons (Fsp3) is 0.294. The van der Waals surface area contributed by atoms with Crippen molar-refractivity contribution < 1.29 is 0 Å². The molecular weight excluding hydrogens is 303 g/mol. The van der Waals surface area contributed by atoms with Crippen LogP contribution in [-0.2, 0) is 6.42 Å². The van der Waals surface area contributed by atoms with Crippen LogP contribution in [0.1, 0.15) is 33.9 Å². The Labute approximate surface area is 136 Å². The summed E-state index contributed by atoms with van der Waals surface area (Å²) in [6.07, 6.45) is 0.653. The standard InChI is InChI=1S/C17H20Cl2N2/c1-10-7-11(2)17(12(3)8-10)16(21-20)9-13-14(18)5-4-6-15(13)19/h4-8,16,21H,9,20H2,1-3H3. The predicted molar refractivity (Wildman–Crippen MR) is 90.9 cm³/mol. The van der Waals surface area contributed by atoms with E-state index >= 15 is 0 Å². The second-order valence-corrected chi connectivity index (χ2v) is 6.25. The fourth-order valence-electron chi connectivity index (χ4n) is 2.92. The van der Waals surface area contributed by atoms with Crippen molar-refractivity contribution in [1.29, 1.82) is 0 Å². The number of benzene rings is 2. The van der Waals surface area contributed by atoms with Crippen molar-refractivity contribution in [3.8, 4) is 0 Å². The number of aryl methyl sites for hydroxylation is 3. The molecular formula is C17H20Cl2N2. The van der Waals surface area contributed by atoms with Crippen LogP contribution in [0.15, 0.2) is 30.3 Å². The van der Waals surface area contributed by atoms with Gasteiger partial charge in [0.05, 0.1) is 6.04 Å². The number of hydrogen-bond acceptors (Lipinski definition) is 2. The minimum Gasteiger partial charge on any atom is -0.271 e. The quantitative estimate of drug-likeness (QED) is 0.634. The Bertz CT molecular complexity index is 610. The van der Waals surface area contributed by atoms with E-state index < -0.39 is 0 Å². The first kappa shape index (κ1) is 16.3. The fourth-order valence-corrected chi connectivity index (χ4v) is 3.47. The summed E-state index contributed by atoms with van der Waals surface area (Å²) in [5, 5.41) is 1.34. The van der Waals surface area contributed by atoms with Crippen LogP contribution in [0, 0.1) is 20.8 Å². The van der Waals surface area contributed by atoms with E-state index in [1.807, 2.05) is 18.2 Å². The third-order valence-electron chi connectivity index (χ3n) is 3.76. The second-order valence-electron chi connectivity index (χ2n) is 5.44. The van der Waals surface area contributed by atoms with Crippen LogP contribution in [0.3, 0.4) is 0 Å². The van der Waals surface area contributed by atoms with E-state index in [0.29, 0.717) is 16.5 Å². The molecule has 21 heavy (non-hydrogen) atoms. The SMILES string of the molecule is Cc1cc(C)c(C(Cc2c(Cl)cccc2Cl)NN)c(C)c1. The van der Waals surface area contributed by atoms with Gasteiger partial charge >= 0.3 is 0 Å². The topological polar surface area (TPSA) is 38.0 Å². The Hall–Kier alpha value is -1.06. The third kappa shape index (κ3) is 3.58. The highest BCUT2D eigenvalue weighted by Gasteiger charge is 2.18. The molecule has 1 atom stereocenters. The molecule has 0 aliphatic rings. The van der Waals surface area contributed by atoms with Gasteiger partial charge in [0.1, 0.15) is 0 Å². The van der Waals surface area contributed by atoms with E-state index in [1.165, 1.54) is 22.3 Å². The molecule has 0 aromatic heterocycles. The average Bonchev–Trinajstić information content (AvgIpc) is 2.39. The summed E-state index contributed by atoms with van der Waals surface area (Å²) in [6, 6.07) is 9.86. The van der Waals surface area contributed by atoms with Gasteiger partial charge in [0.25, 0.3) is 0 Å². The van der Waals surface area contributed by atoms with Crippen LogP contribution in [0.25, 0.3) is 0 Å². The Morgan fingerprint density at radius 3 is 2.05 bits per heavy atom. The van der Waals surface area contributed by atoms with Crippen molar-refractivity contribution in [2.24, 2.45) is 5.84 Å². The zero-order valence-corrected chi connectivity index (χ0v) is 14.0. The summed E-state index contributed by atoms with van der Waals surface area (Å²) >= 11 is 12.5. The van der Waals surface area contributed by atoms with Crippen LogP contribution in [-0.4, -0.2) is 0 Å². The molecule has 0 radical (unpaired) electrons. The lowest BCUT2D eigenvalue weighted by atomic mass is 9.91. The molecule has 0 heterocycles. The van der Waals surface area contributed by atoms with Crippen molar-refractivity contribution in [3.63, 3.8) is 0 Å². The summed E-state index contributed by atoms with van der Waals surface area (Å²) in [5.41, 5.74) is 8.72. The molecule has 0 aliphatic carbocycles. The van der Waals surface area contributed by atoms with E-state index in [1.54, 1.807) is 0 Å². The third-order valence-corrected chi connectivity index (χ3v) is 4.47. The number of hydrogen-bond donors (Lipinski definition) is 2. The molecule has 3 N–H and O–H groups in total. The van der Waals surface area contributed by atoms with Gasteiger partial charge in [-0.2, -0.15) is 0 Å². The Morgan fingerprint density at radius 2 is 1.57 bits per heavy atom. The molecule has 0 saturated heterocycles. The average molecular weight is 323 g/mol. The van der Waals surface area contributed by atoms with Gasteiger partial charge in [-0.05, 0) is 61.6 Å². The molecule has 0 spiro atoms. The van der Waals surface area contributed by atoms with E-state index in [0.717, 1.165) is 5.56 Å². The summed E-state index contributed by atoms with van der Waals surface area (Å²) < 4.78 is 0. The first-order valence-corrected chi connectivity index (χ1v) is 7.66. The second kappa shape index (κ2) is 6.80. The first-order valence-electron chi connectivity index (χ1n) is 6.90. The highest BCUT2D eigenvalue weighted by atomic mass is 35.5. The zero-order valence-electron chi connectivity index (χ0n) is 12.5. The summed E-state index contributed by atoms with van der Waals surface area (Å²) in [4.78, 5) is 0. The highest BCUT2D eigenvalue weighted by Crippen LogP contribution is 2.31. The van der Waals surface area contributed by atoms with Crippen LogP contribution >= 0.6 is 23.2 Å². The van der Waals surface area contributed by atoms with Crippen LogP contribution in [0.5, 0.6) is 0 Å². The van der Waals surface area contributed by atoms with Gasteiger partial charge in [0.2, 0.25) is 0 Å². The van der Waals surface area contributed by atoms with Crippen molar-refractivity contribution in [1.82, 2.24) is 5.43 Å². The number of hydrazine groups is 1. The molecule has 0 amide bonds. The van der Waals surface area contributed by atoms with E-state index in [9.17, 15) is 0 Å². The van der Waals surface area contributed by atoms with Crippen molar-refractivity contribution >= 4 is 23.2 Å².